The maximum atomic E-state index is 13.6. The largest absolute Gasteiger partial charge is 0.386 e. The van der Waals surface area contributed by atoms with Gasteiger partial charge >= 0.3 is 5.69 Å². The summed E-state index contributed by atoms with van der Waals surface area (Å²) in [6, 6.07) is 12.0. The van der Waals surface area contributed by atoms with Crippen LogP contribution >= 0.6 is 0 Å². The summed E-state index contributed by atoms with van der Waals surface area (Å²) in [6.45, 7) is 7.49. The van der Waals surface area contributed by atoms with E-state index in [0.717, 1.165) is 68.9 Å². The van der Waals surface area contributed by atoms with Crippen molar-refractivity contribution in [1.82, 2.24) is 24.1 Å². The van der Waals surface area contributed by atoms with Gasteiger partial charge in [-0.15, -0.1) is 0 Å². The zero-order valence-corrected chi connectivity index (χ0v) is 21.6. The molecular formula is C29H30N6O2. The molecule has 1 aromatic carbocycles. The minimum atomic E-state index is -1.000. The molecule has 188 valence electrons. The summed E-state index contributed by atoms with van der Waals surface area (Å²) < 4.78 is 3.39. The zero-order chi connectivity index (χ0) is 25.9. The van der Waals surface area contributed by atoms with Crippen molar-refractivity contribution < 1.29 is 5.11 Å². The van der Waals surface area contributed by atoms with Crippen molar-refractivity contribution in [2.75, 3.05) is 18.0 Å². The van der Waals surface area contributed by atoms with E-state index in [2.05, 4.69) is 14.9 Å². The summed E-state index contributed by atoms with van der Waals surface area (Å²) in [4.78, 5) is 29.7. The second-order valence-corrected chi connectivity index (χ2v) is 10.4. The second kappa shape index (κ2) is 8.52. The molecule has 0 atom stereocenters. The van der Waals surface area contributed by atoms with Gasteiger partial charge in [0.05, 0.1) is 39.7 Å². The van der Waals surface area contributed by atoms with Gasteiger partial charge in [-0.3, -0.25) is 19.1 Å². The van der Waals surface area contributed by atoms with Gasteiger partial charge in [0.1, 0.15) is 5.82 Å². The van der Waals surface area contributed by atoms with Crippen LogP contribution in [0.3, 0.4) is 0 Å². The molecule has 0 saturated carbocycles. The molecule has 0 spiro atoms. The van der Waals surface area contributed by atoms with Crippen LogP contribution in [0.1, 0.15) is 37.9 Å². The van der Waals surface area contributed by atoms with E-state index in [0.29, 0.717) is 0 Å². The number of imidazole rings is 1. The van der Waals surface area contributed by atoms with E-state index in [9.17, 15) is 9.90 Å². The predicted molar refractivity (Wildman–Crippen MR) is 146 cm³/mol. The molecule has 0 bridgehead atoms. The van der Waals surface area contributed by atoms with E-state index in [1.54, 1.807) is 48.6 Å². The quantitative estimate of drug-likeness (QED) is 0.397. The highest BCUT2D eigenvalue weighted by atomic mass is 16.3. The van der Waals surface area contributed by atoms with Gasteiger partial charge in [0.2, 0.25) is 0 Å². The second-order valence-electron chi connectivity index (χ2n) is 10.4. The van der Waals surface area contributed by atoms with E-state index in [1.807, 2.05) is 43.3 Å². The molecular weight excluding hydrogens is 464 g/mol. The Bertz CT molecular complexity index is 1720. The number of hydrogen-bond donors (Lipinski definition) is 1. The van der Waals surface area contributed by atoms with Crippen molar-refractivity contribution in [3.63, 3.8) is 0 Å². The standard InChI is InChI=1S/C29H30N6O2/c1-18-24(9-10-26(32-18)34-11-5-6-12-34)35-27-22-14-19(20-13-21(16-30-15-20)29(2,3)37)7-8-23(22)31-17-25(27)33(4)28(35)36/h7-10,13-17,37H,5-6,11-12H2,1-4H3. The van der Waals surface area contributed by atoms with Crippen LogP contribution in [0, 0.1) is 6.92 Å². The Morgan fingerprint density at radius 3 is 2.49 bits per heavy atom. The fourth-order valence-corrected chi connectivity index (χ4v) is 5.23. The van der Waals surface area contributed by atoms with Crippen LogP contribution in [0.4, 0.5) is 5.82 Å². The van der Waals surface area contributed by atoms with Crippen molar-refractivity contribution in [2.24, 2.45) is 7.05 Å². The van der Waals surface area contributed by atoms with Crippen LogP contribution in [-0.4, -0.2) is 42.3 Å². The molecule has 1 aliphatic heterocycles. The Kier molecular flexibility index (Phi) is 5.38. The lowest BCUT2D eigenvalue weighted by molar-refractivity contribution is 0.0783. The fraction of sp³-hybridized carbons (Fsp3) is 0.310. The fourth-order valence-electron chi connectivity index (χ4n) is 5.23. The molecule has 6 rings (SSSR count). The van der Waals surface area contributed by atoms with Gasteiger partial charge in [-0.2, -0.15) is 0 Å². The van der Waals surface area contributed by atoms with E-state index in [1.165, 1.54) is 12.8 Å². The average Bonchev–Trinajstić information content (AvgIpc) is 3.51. The zero-order valence-electron chi connectivity index (χ0n) is 21.6. The van der Waals surface area contributed by atoms with Gasteiger partial charge in [0.15, 0.2) is 0 Å². The van der Waals surface area contributed by atoms with Crippen molar-refractivity contribution in [3.05, 3.63) is 76.7 Å². The van der Waals surface area contributed by atoms with Gasteiger partial charge in [0, 0.05) is 49.0 Å². The molecule has 4 aromatic heterocycles. The van der Waals surface area contributed by atoms with Crippen LogP contribution in [-0.2, 0) is 12.6 Å². The molecule has 0 amide bonds. The highest BCUT2D eigenvalue weighted by Gasteiger charge is 2.21. The van der Waals surface area contributed by atoms with Gasteiger partial charge in [-0.05, 0) is 69.5 Å². The Labute approximate surface area is 214 Å². The Hall–Kier alpha value is -4.04. The summed E-state index contributed by atoms with van der Waals surface area (Å²) in [7, 11) is 1.77. The molecule has 5 heterocycles. The van der Waals surface area contributed by atoms with Crippen LogP contribution < -0.4 is 10.6 Å². The third-order valence-electron chi connectivity index (χ3n) is 7.38. The molecule has 1 saturated heterocycles. The summed E-state index contributed by atoms with van der Waals surface area (Å²) >= 11 is 0. The first-order valence-corrected chi connectivity index (χ1v) is 12.6. The van der Waals surface area contributed by atoms with E-state index >= 15 is 0 Å². The molecule has 0 unspecified atom stereocenters. The first-order chi connectivity index (χ1) is 17.7. The van der Waals surface area contributed by atoms with Crippen molar-refractivity contribution in [3.8, 4) is 16.8 Å². The van der Waals surface area contributed by atoms with Crippen molar-refractivity contribution in [1.29, 1.82) is 0 Å². The number of pyridine rings is 3. The monoisotopic (exact) mass is 494 g/mol. The van der Waals surface area contributed by atoms with Crippen molar-refractivity contribution in [2.45, 2.75) is 39.2 Å². The van der Waals surface area contributed by atoms with Crippen molar-refractivity contribution >= 4 is 27.8 Å². The first kappa shape index (κ1) is 23.4. The predicted octanol–water partition coefficient (Wildman–Crippen LogP) is 4.47. The van der Waals surface area contributed by atoms with E-state index < -0.39 is 5.60 Å². The average molecular weight is 495 g/mol. The smallest absolute Gasteiger partial charge is 0.333 e. The van der Waals surface area contributed by atoms with E-state index in [4.69, 9.17) is 4.98 Å². The number of hydrogen-bond acceptors (Lipinski definition) is 6. The van der Waals surface area contributed by atoms with Crippen LogP contribution in [0.2, 0.25) is 0 Å². The molecule has 5 aromatic rings. The van der Waals surface area contributed by atoms with Gasteiger partial charge < -0.3 is 10.0 Å². The number of rotatable bonds is 4. The lowest BCUT2D eigenvalue weighted by atomic mass is 9.96. The van der Waals surface area contributed by atoms with Crippen LogP contribution in [0.5, 0.6) is 0 Å². The molecule has 8 nitrogen and oxygen atoms in total. The summed E-state index contributed by atoms with van der Waals surface area (Å²) in [5, 5.41) is 11.3. The Morgan fingerprint density at radius 1 is 0.973 bits per heavy atom. The maximum Gasteiger partial charge on any atom is 0.333 e. The molecule has 8 heteroatoms. The SMILES string of the molecule is Cc1nc(N2CCCC2)ccc1-n1c(=O)n(C)c2cnc3ccc(-c4cncc(C(C)(C)O)c4)cc3c21. The van der Waals surface area contributed by atoms with Crippen LogP contribution in [0.25, 0.3) is 38.8 Å². The minimum Gasteiger partial charge on any atom is -0.386 e. The summed E-state index contributed by atoms with van der Waals surface area (Å²) in [5.74, 6) is 0.958. The first-order valence-electron chi connectivity index (χ1n) is 12.6. The highest BCUT2D eigenvalue weighted by Crippen LogP contribution is 2.32. The number of benzene rings is 1. The number of fused-ring (bicyclic) bond motifs is 3. The Morgan fingerprint density at radius 2 is 1.76 bits per heavy atom. The maximum absolute atomic E-state index is 13.6. The van der Waals surface area contributed by atoms with Gasteiger partial charge in [0.25, 0.3) is 0 Å². The third kappa shape index (κ3) is 3.88. The number of aromatic nitrogens is 5. The molecule has 1 fully saturated rings. The Balaban J connectivity index is 1.57. The number of nitrogens with zero attached hydrogens (tertiary/aromatic N) is 6. The lowest BCUT2D eigenvalue weighted by Crippen LogP contribution is -2.23. The third-order valence-corrected chi connectivity index (χ3v) is 7.38. The summed E-state index contributed by atoms with van der Waals surface area (Å²) in [6.07, 6.45) is 7.59. The number of aliphatic hydroxyl groups is 1. The molecule has 1 aliphatic rings. The highest BCUT2D eigenvalue weighted by molar-refractivity contribution is 6.04. The molecule has 37 heavy (non-hydrogen) atoms. The number of anilines is 1. The van der Waals surface area contributed by atoms with E-state index in [-0.39, 0.29) is 5.69 Å². The van der Waals surface area contributed by atoms with Gasteiger partial charge in [-0.1, -0.05) is 6.07 Å². The topological polar surface area (TPSA) is 89.1 Å². The minimum absolute atomic E-state index is 0.140. The molecule has 0 radical (unpaired) electrons. The normalized spacial score (nSPS) is 14.2. The lowest BCUT2D eigenvalue weighted by Gasteiger charge is -2.18. The number of aryl methyl sites for hydroxylation is 2. The summed E-state index contributed by atoms with van der Waals surface area (Å²) in [5.41, 5.74) is 5.33. The molecule has 0 aliphatic carbocycles. The van der Waals surface area contributed by atoms with Crippen LogP contribution in [0.15, 0.2) is 59.8 Å². The molecule has 1 N–H and O–H groups in total. The van der Waals surface area contributed by atoms with Gasteiger partial charge in [-0.25, -0.2) is 9.78 Å².